The van der Waals surface area contributed by atoms with Crippen LogP contribution < -0.4 is 10.2 Å². The van der Waals surface area contributed by atoms with E-state index in [9.17, 15) is 9.90 Å². The molecule has 1 aliphatic heterocycles. The fraction of sp³-hybridized carbons (Fsp3) is 0.688. The molecule has 1 aliphatic carbocycles. The Bertz CT molecular complexity index is 526. The summed E-state index contributed by atoms with van der Waals surface area (Å²) >= 11 is 0. The average Bonchev–Trinajstić information content (AvgIpc) is 2.63. The molecule has 2 heterocycles. The highest BCUT2D eigenvalue weighted by Crippen LogP contribution is 2.24. The first-order valence-electron chi connectivity index (χ1n) is 8.32. The van der Waals surface area contributed by atoms with Gasteiger partial charge in [0.2, 0.25) is 0 Å². The Morgan fingerprint density at radius 2 is 2.00 bits per heavy atom. The number of aromatic nitrogens is 2. The first-order valence-corrected chi connectivity index (χ1v) is 8.32. The van der Waals surface area contributed by atoms with Gasteiger partial charge in [-0.1, -0.05) is 0 Å². The van der Waals surface area contributed by atoms with E-state index in [-0.39, 0.29) is 18.6 Å². The summed E-state index contributed by atoms with van der Waals surface area (Å²) in [5.41, 5.74) is 0.408. The Balaban J connectivity index is 1.59. The lowest BCUT2D eigenvalue weighted by atomic mass is 9.86. The van der Waals surface area contributed by atoms with E-state index in [1.165, 1.54) is 6.33 Å². The second-order valence-corrected chi connectivity index (χ2v) is 6.23. The van der Waals surface area contributed by atoms with Gasteiger partial charge in [0.05, 0.1) is 13.2 Å². The molecule has 0 radical (unpaired) electrons. The third kappa shape index (κ3) is 4.17. The Kier molecular flexibility index (Phi) is 5.40. The monoisotopic (exact) mass is 320 g/mol. The molecular formula is C16H24N4O3. The lowest BCUT2D eigenvalue weighted by Gasteiger charge is -2.28. The van der Waals surface area contributed by atoms with Crippen LogP contribution in [0.2, 0.25) is 0 Å². The lowest BCUT2D eigenvalue weighted by Crippen LogP contribution is -2.39. The quantitative estimate of drug-likeness (QED) is 0.844. The molecule has 7 nitrogen and oxygen atoms in total. The van der Waals surface area contributed by atoms with Crippen molar-refractivity contribution in [2.45, 2.75) is 31.7 Å². The summed E-state index contributed by atoms with van der Waals surface area (Å²) in [6.45, 7) is 3.17. The van der Waals surface area contributed by atoms with E-state index in [0.717, 1.165) is 44.6 Å². The van der Waals surface area contributed by atoms with Crippen LogP contribution in [0, 0.1) is 5.92 Å². The number of morpholine rings is 1. The van der Waals surface area contributed by atoms with E-state index in [2.05, 4.69) is 20.2 Å². The summed E-state index contributed by atoms with van der Waals surface area (Å²) < 4.78 is 5.34. The molecule has 126 valence electrons. The van der Waals surface area contributed by atoms with Gasteiger partial charge in [0.25, 0.3) is 5.91 Å². The second-order valence-electron chi connectivity index (χ2n) is 6.23. The van der Waals surface area contributed by atoms with E-state index >= 15 is 0 Å². The maximum atomic E-state index is 12.4. The van der Waals surface area contributed by atoms with Gasteiger partial charge < -0.3 is 20.1 Å². The van der Waals surface area contributed by atoms with E-state index in [0.29, 0.717) is 24.8 Å². The molecule has 2 aliphatic rings. The van der Waals surface area contributed by atoms with Crippen molar-refractivity contribution in [3.8, 4) is 0 Å². The van der Waals surface area contributed by atoms with Crippen LogP contribution in [0.1, 0.15) is 36.2 Å². The molecule has 1 aromatic rings. The van der Waals surface area contributed by atoms with Crippen LogP contribution in [0.25, 0.3) is 0 Å². The summed E-state index contributed by atoms with van der Waals surface area (Å²) in [5, 5.41) is 12.2. The fourth-order valence-electron chi connectivity index (χ4n) is 3.19. The second kappa shape index (κ2) is 7.70. The molecule has 1 saturated heterocycles. The van der Waals surface area contributed by atoms with E-state index in [1.54, 1.807) is 6.07 Å². The number of carbonyl (C=O) groups is 1. The topological polar surface area (TPSA) is 87.6 Å². The van der Waals surface area contributed by atoms with Crippen molar-refractivity contribution in [3.63, 3.8) is 0 Å². The molecule has 0 atom stereocenters. The Hall–Kier alpha value is -1.73. The van der Waals surface area contributed by atoms with Crippen LogP contribution in [-0.4, -0.2) is 59.9 Å². The number of nitrogens with zero attached hydrogens (tertiary/aromatic N) is 3. The molecule has 3 rings (SSSR count). The van der Waals surface area contributed by atoms with Gasteiger partial charge in [-0.25, -0.2) is 9.97 Å². The van der Waals surface area contributed by atoms with Crippen molar-refractivity contribution in [2.75, 3.05) is 37.8 Å². The largest absolute Gasteiger partial charge is 0.396 e. The predicted molar refractivity (Wildman–Crippen MR) is 85.4 cm³/mol. The van der Waals surface area contributed by atoms with Crippen LogP contribution in [0.4, 0.5) is 5.82 Å². The Labute approximate surface area is 136 Å². The number of aliphatic hydroxyl groups excluding tert-OH is 1. The zero-order chi connectivity index (χ0) is 16.1. The zero-order valence-corrected chi connectivity index (χ0v) is 13.3. The summed E-state index contributed by atoms with van der Waals surface area (Å²) in [7, 11) is 0. The zero-order valence-electron chi connectivity index (χ0n) is 13.3. The van der Waals surface area contributed by atoms with E-state index < -0.39 is 0 Å². The molecule has 0 aromatic carbocycles. The molecule has 7 heteroatoms. The summed E-state index contributed by atoms with van der Waals surface area (Å²) in [5.74, 6) is 1.02. The fourth-order valence-corrected chi connectivity index (χ4v) is 3.19. The van der Waals surface area contributed by atoms with Crippen molar-refractivity contribution >= 4 is 11.7 Å². The summed E-state index contributed by atoms with van der Waals surface area (Å²) in [6.07, 6.45) is 5.20. The van der Waals surface area contributed by atoms with Gasteiger partial charge in [0.1, 0.15) is 17.8 Å². The molecule has 1 amide bonds. The number of ether oxygens (including phenoxy) is 1. The van der Waals surface area contributed by atoms with Crippen LogP contribution in [0.3, 0.4) is 0 Å². The summed E-state index contributed by atoms with van der Waals surface area (Å²) in [4.78, 5) is 22.9. The van der Waals surface area contributed by atoms with Crippen molar-refractivity contribution in [1.82, 2.24) is 15.3 Å². The van der Waals surface area contributed by atoms with E-state index in [1.807, 2.05) is 0 Å². The number of hydrogen-bond acceptors (Lipinski definition) is 6. The Morgan fingerprint density at radius 1 is 1.26 bits per heavy atom. The van der Waals surface area contributed by atoms with Crippen LogP contribution in [0.5, 0.6) is 0 Å². The highest BCUT2D eigenvalue weighted by atomic mass is 16.5. The number of anilines is 1. The number of amides is 1. The van der Waals surface area contributed by atoms with Crippen molar-refractivity contribution in [3.05, 3.63) is 18.1 Å². The smallest absolute Gasteiger partial charge is 0.270 e. The van der Waals surface area contributed by atoms with Gasteiger partial charge in [-0.2, -0.15) is 0 Å². The molecule has 0 bridgehead atoms. The molecule has 1 aromatic heterocycles. The van der Waals surface area contributed by atoms with Gasteiger partial charge in [-0.05, 0) is 31.6 Å². The number of rotatable bonds is 4. The minimum atomic E-state index is -0.144. The van der Waals surface area contributed by atoms with E-state index in [4.69, 9.17) is 4.74 Å². The van der Waals surface area contributed by atoms with Gasteiger partial charge in [-0.3, -0.25) is 4.79 Å². The van der Waals surface area contributed by atoms with Crippen molar-refractivity contribution in [2.24, 2.45) is 5.92 Å². The normalized spacial score (nSPS) is 25.2. The lowest BCUT2D eigenvalue weighted by molar-refractivity contribution is 0.0908. The molecule has 1 saturated carbocycles. The van der Waals surface area contributed by atoms with Crippen molar-refractivity contribution in [1.29, 1.82) is 0 Å². The third-order valence-electron chi connectivity index (χ3n) is 4.66. The number of hydrogen-bond donors (Lipinski definition) is 2. The standard InChI is InChI=1S/C16H24N4O3/c21-10-12-1-3-13(4-2-12)19-16(22)14-9-15(18-11-17-14)20-5-7-23-8-6-20/h9,11-13,21H,1-8,10H2,(H,19,22). The number of aliphatic hydroxyl groups is 1. The SMILES string of the molecule is O=C(NC1CCC(CO)CC1)c1cc(N2CCOCC2)ncn1. The first kappa shape index (κ1) is 16.1. The van der Waals surface area contributed by atoms with Crippen LogP contribution in [0.15, 0.2) is 12.4 Å². The number of nitrogens with one attached hydrogen (secondary N) is 1. The van der Waals surface area contributed by atoms with Gasteiger partial charge in [0.15, 0.2) is 0 Å². The molecule has 2 N–H and O–H groups in total. The van der Waals surface area contributed by atoms with Crippen molar-refractivity contribution < 1.29 is 14.6 Å². The minimum absolute atomic E-state index is 0.144. The van der Waals surface area contributed by atoms with Crippen LogP contribution >= 0.6 is 0 Å². The van der Waals surface area contributed by atoms with Crippen LogP contribution in [-0.2, 0) is 4.74 Å². The maximum absolute atomic E-state index is 12.4. The predicted octanol–water partition coefficient (Wildman–Crippen LogP) is 0.594. The third-order valence-corrected chi connectivity index (χ3v) is 4.66. The Morgan fingerprint density at radius 3 is 2.70 bits per heavy atom. The van der Waals surface area contributed by atoms with Gasteiger partial charge in [-0.15, -0.1) is 0 Å². The number of carbonyl (C=O) groups excluding carboxylic acids is 1. The summed E-state index contributed by atoms with van der Waals surface area (Å²) in [6, 6.07) is 1.92. The van der Waals surface area contributed by atoms with Gasteiger partial charge >= 0.3 is 0 Å². The first-order chi connectivity index (χ1) is 11.3. The highest BCUT2D eigenvalue weighted by Gasteiger charge is 2.23. The molecule has 23 heavy (non-hydrogen) atoms. The minimum Gasteiger partial charge on any atom is -0.396 e. The average molecular weight is 320 g/mol. The molecule has 0 unspecified atom stereocenters. The highest BCUT2D eigenvalue weighted by molar-refractivity contribution is 5.93. The van der Waals surface area contributed by atoms with Gasteiger partial charge in [0, 0.05) is 31.8 Å². The molecule has 0 spiro atoms. The maximum Gasteiger partial charge on any atom is 0.270 e. The molecular weight excluding hydrogens is 296 g/mol. The molecule has 2 fully saturated rings.